The van der Waals surface area contributed by atoms with Gasteiger partial charge in [-0.05, 0) is 19.3 Å². The summed E-state index contributed by atoms with van der Waals surface area (Å²) in [7, 11) is 0. The molecule has 0 amide bonds. The highest BCUT2D eigenvalue weighted by Gasteiger charge is 2.41. The van der Waals surface area contributed by atoms with E-state index in [2.05, 4.69) is 25.8 Å². The average Bonchev–Trinajstić information content (AvgIpc) is 2.58. The Morgan fingerprint density at radius 2 is 2.12 bits per heavy atom. The van der Waals surface area contributed by atoms with Gasteiger partial charge in [-0.15, -0.1) is 0 Å². The summed E-state index contributed by atoms with van der Waals surface area (Å²) in [5.41, 5.74) is -0.0734. The van der Waals surface area contributed by atoms with Crippen molar-refractivity contribution < 1.29 is 14.6 Å². The van der Waals surface area contributed by atoms with Crippen molar-refractivity contribution in [1.82, 2.24) is 0 Å². The predicted molar refractivity (Wildman–Crippen MR) is 60.5 cm³/mol. The Labute approximate surface area is 95.7 Å². The first-order valence-corrected chi connectivity index (χ1v) is 5.85. The van der Waals surface area contributed by atoms with Crippen LogP contribution in [0.15, 0.2) is 4.99 Å². The van der Waals surface area contributed by atoms with E-state index in [0.29, 0.717) is 12.8 Å². The summed E-state index contributed by atoms with van der Waals surface area (Å²) in [6.07, 6.45) is 2.26. The summed E-state index contributed by atoms with van der Waals surface area (Å²) >= 11 is 0. The van der Waals surface area contributed by atoms with Crippen LogP contribution in [-0.4, -0.2) is 29.1 Å². The fourth-order valence-electron chi connectivity index (χ4n) is 2.31. The summed E-state index contributed by atoms with van der Waals surface area (Å²) in [6.45, 7) is 6.20. The molecule has 2 rings (SSSR count). The molecular formula is C12H19NO3. The molecule has 1 N–H and O–H groups in total. The van der Waals surface area contributed by atoms with E-state index in [1.54, 1.807) is 0 Å². The van der Waals surface area contributed by atoms with Crippen molar-refractivity contribution in [2.75, 3.05) is 0 Å². The second-order valence-corrected chi connectivity index (χ2v) is 5.76. The summed E-state index contributed by atoms with van der Waals surface area (Å²) in [6, 6.07) is 0.0593. The maximum Gasteiger partial charge on any atom is 0.306 e. The van der Waals surface area contributed by atoms with E-state index in [4.69, 9.17) is 9.84 Å². The Morgan fingerprint density at radius 1 is 1.44 bits per heavy atom. The average molecular weight is 225 g/mol. The van der Waals surface area contributed by atoms with Crippen molar-refractivity contribution >= 4 is 11.9 Å². The lowest BCUT2D eigenvalue weighted by atomic mass is 9.84. The topological polar surface area (TPSA) is 58.9 Å². The molecule has 0 aromatic rings. The van der Waals surface area contributed by atoms with Crippen molar-refractivity contribution in [1.29, 1.82) is 0 Å². The molecular weight excluding hydrogens is 206 g/mol. The highest BCUT2D eigenvalue weighted by Crippen LogP contribution is 2.35. The number of carboxylic acids is 1. The minimum Gasteiger partial charge on any atom is -0.481 e. The molecule has 1 aliphatic carbocycles. The molecule has 4 heteroatoms. The van der Waals surface area contributed by atoms with Gasteiger partial charge in [-0.2, -0.15) is 0 Å². The molecule has 1 aliphatic heterocycles. The summed E-state index contributed by atoms with van der Waals surface area (Å²) in [4.78, 5) is 15.5. The first-order chi connectivity index (χ1) is 7.38. The highest BCUT2D eigenvalue weighted by atomic mass is 16.5. The summed E-state index contributed by atoms with van der Waals surface area (Å²) in [5, 5.41) is 8.99. The number of carboxylic acid groups (broad SMARTS) is 1. The molecule has 1 saturated carbocycles. The van der Waals surface area contributed by atoms with Crippen LogP contribution in [0.2, 0.25) is 0 Å². The maximum absolute atomic E-state index is 10.9. The Bertz CT molecular complexity index is 330. The van der Waals surface area contributed by atoms with Crippen molar-refractivity contribution in [3.05, 3.63) is 0 Å². The number of hydrogen-bond acceptors (Lipinski definition) is 3. The minimum atomic E-state index is -0.696. The smallest absolute Gasteiger partial charge is 0.306 e. The number of rotatable bonds is 1. The zero-order chi connectivity index (χ0) is 11.9. The van der Waals surface area contributed by atoms with Gasteiger partial charge in [-0.25, -0.2) is 4.99 Å². The van der Waals surface area contributed by atoms with E-state index in [0.717, 1.165) is 12.3 Å². The third-order valence-electron chi connectivity index (χ3n) is 3.29. The Balaban J connectivity index is 2.08. The van der Waals surface area contributed by atoms with Crippen LogP contribution >= 0.6 is 0 Å². The van der Waals surface area contributed by atoms with Gasteiger partial charge in [-0.3, -0.25) is 4.79 Å². The molecule has 0 bridgehead atoms. The van der Waals surface area contributed by atoms with Crippen LogP contribution in [0.1, 0.15) is 40.0 Å². The monoisotopic (exact) mass is 225 g/mol. The van der Waals surface area contributed by atoms with Gasteiger partial charge in [0.05, 0.1) is 12.0 Å². The third-order valence-corrected chi connectivity index (χ3v) is 3.29. The van der Waals surface area contributed by atoms with Gasteiger partial charge >= 0.3 is 5.97 Å². The van der Waals surface area contributed by atoms with Crippen LogP contribution in [-0.2, 0) is 9.53 Å². The zero-order valence-electron chi connectivity index (χ0n) is 10.1. The van der Waals surface area contributed by atoms with E-state index in [1.807, 2.05) is 0 Å². The molecule has 1 fully saturated rings. The van der Waals surface area contributed by atoms with Crippen molar-refractivity contribution in [2.45, 2.75) is 52.2 Å². The van der Waals surface area contributed by atoms with Gasteiger partial charge in [0, 0.05) is 5.41 Å². The van der Waals surface area contributed by atoms with E-state index in [9.17, 15) is 4.79 Å². The SMILES string of the molecule is CC(C)(C)C1=NC2CC(C(=O)O)CCC2O1. The fraction of sp³-hybridized carbons (Fsp3) is 0.833. The molecule has 2 aliphatic rings. The lowest BCUT2D eigenvalue weighted by molar-refractivity contribution is -0.143. The van der Waals surface area contributed by atoms with E-state index in [-0.39, 0.29) is 23.5 Å². The molecule has 4 nitrogen and oxygen atoms in total. The molecule has 0 spiro atoms. The predicted octanol–water partition coefficient (Wildman–Crippen LogP) is 2.08. The molecule has 0 saturated heterocycles. The van der Waals surface area contributed by atoms with Crippen LogP contribution in [0.3, 0.4) is 0 Å². The minimum absolute atomic E-state index is 0.0593. The Kier molecular flexibility index (Phi) is 2.68. The maximum atomic E-state index is 10.9. The standard InChI is InChI=1S/C12H19NO3/c1-12(2,3)11-13-8-6-7(10(14)15)4-5-9(8)16-11/h7-9H,4-6H2,1-3H3,(H,14,15). The third kappa shape index (κ3) is 2.06. The molecule has 0 radical (unpaired) electrons. The lowest BCUT2D eigenvalue weighted by Crippen LogP contribution is -2.34. The van der Waals surface area contributed by atoms with E-state index in [1.165, 1.54) is 0 Å². The normalized spacial score (nSPS) is 33.9. The number of fused-ring (bicyclic) bond motifs is 1. The van der Waals surface area contributed by atoms with Crippen LogP contribution in [0.25, 0.3) is 0 Å². The van der Waals surface area contributed by atoms with Crippen LogP contribution in [0, 0.1) is 11.3 Å². The largest absolute Gasteiger partial charge is 0.481 e. The number of nitrogens with zero attached hydrogens (tertiary/aromatic N) is 1. The van der Waals surface area contributed by atoms with Gasteiger partial charge in [-0.1, -0.05) is 20.8 Å². The Hall–Kier alpha value is -1.06. The molecule has 0 aromatic heterocycles. The van der Waals surface area contributed by atoms with Crippen molar-refractivity contribution in [3.63, 3.8) is 0 Å². The highest BCUT2D eigenvalue weighted by molar-refractivity contribution is 5.83. The first-order valence-electron chi connectivity index (χ1n) is 5.85. The molecule has 16 heavy (non-hydrogen) atoms. The molecule has 1 heterocycles. The lowest BCUT2D eigenvalue weighted by Gasteiger charge is -2.27. The molecule has 0 aromatic carbocycles. The van der Waals surface area contributed by atoms with E-state index >= 15 is 0 Å². The van der Waals surface area contributed by atoms with Crippen molar-refractivity contribution in [2.24, 2.45) is 16.3 Å². The molecule has 90 valence electrons. The van der Waals surface area contributed by atoms with E-state index < -0.39 is 5.97 Å². The molecule has 3 atom stereocenters. The van der Waals surface area contributed by atoms with Crippen LogP contribution < -0.4 is 0 Å². The second-order valence-electron chi connectivity index (χ2n) is 5.76. The first kappa shape index (κ1) is 11.4. The fourth-order valence-corrected chi connectivity index (χ4v) is 2.31. The van der Waals surface area contributed by atoms with Crippen LogP contribution in [0.4, 0.5) is 0 Å². The number of carbonyl (C=O) groups is 1. The number of aliphatic imine (C=N–C) groups is 1. The summed E-state index contributed by atoms with van der Waals surface area (Å²) < 4.78 is 5.81. The second kappa shape index (κ2) is 3.75. The zero-order valence-corrected chi connectivity index (χ0v) is 10.1. The van der Waals surface area contributed by atoms with Crippen LogP contribution in [0.5, 0.6) is 0 Å². The number of ether oxygens (including phenoxy) is 1. The Morgan fingerprint density at radius 3 is 2.69 bits per heavy atom. The van der Waals surface area contributed by atoms with Gasteiger partial charge in [0.25, 0.3) is 0 Å². The number of hydrogen-bond donors (Lipinski definition) is 1. The van der Waals surface area contributed by atoms with Gasteiger partial charge in [0.15, 0.2) is 5.90 Å². The van der Waals surface area contributed by atoms with Gasteiger partial charge in [0.1, 0.15) is 6.10 Å². The molecule has 3 unspecified atom stereocenters. The van der Waals surface area contributed by atoms with Gasteiger partial charge in [0.2, 0.25) is 0 Å². The van der Waals surface area contributed by atoms with Gasteiger partial charge < -0.3 is 9.84 Å². The number of aliphatic carboxylic acids is 1. The summed E-state index contributed by atoms with van der Waals surface area (Å²) in [5.74, 6) is -0.153. The quantitative estimate of drug-likeness (QED) is 0.743. The van der Waals surface area contributed by atoms with Crippen molar-refractivity contribution in [3.8, 4) is 0 Å².